The van der Waals surface area contributed by atoms with Crippen LogP contribution in [0.15, 0.2) is 29.4 Å². The first kappa shape index (κ1) is 14.3. The minimum atomic E-state index is -3.63. The molecule has 3 rings (SSSR count). The van der Waals surface area contributed by atoms with Crippen molar-refractivity contribution >= 4 is 21.5 Å². The molecule has 0 amide bonds. The number of hydrogen-bond donors (Lipinski definition) is 1. The third kappa shape index (κ3) is 2.40. The molecule has 2 aromatic heterocycles. The average Bonchev–Trinajstić information content (AvgIpc) is 2.73. The molecule has 2 N–H and O–H groups in total. The van der Waals surface area contributed by atoms with Gasteiger partial charge in [-0.05, 0) is 30.4 Å². The molecule has 2 atom stereocenters. The van der Waals surface area contributed by atoms with Crippen LogP contribution in [-0.4, -0.2) is 35.2 Å². The lowest BCUT2D eigenvalue weighted by molar-refractivity contribution is 0.222. The Balaban J connectivity index is 2.10. The van der Waals surface area contributed by atoms with E-state index >= 15 is 0 Å². The quantitative estimate of drug-likeness (QED) is 0.913. The maximum absolute atomic E-state index is 13.0. The topological polar surface area (TPSA) is 80.7 Å². The Morgan fingerprint density at radius 1 is 1.24 bits per heavy atom. The van der Waals surface area contributed by atoms with Gasteiger partial charge >= 0.3 is 0 Å². The van der Waals surface area contributed by atoms with Gasteiger partial charge < -0.3 is 5.73 Å². The van der Waals surface area contributed by atoms with Gasteiger partial charge in [0.15, 0.2) is 10.8 Å². The summed E-state index contributed by atoms with van der Waals surface area (Å²) in [5.74, 6) is 0.764. The van der Waals surface area contributed by atoms with E-state index in [1.54, 1.807) is 27.0 Å². The molecule has 0 radical (unpaired) electrons. The van der Waals surface area contributed by atoms with Gasteiger partial charge in [-0.3, -0.25) is 4.40 Å². The number of anilines is 1. The molecule has 1 aliphatic rings. The number of piperidine rings is 1. The average molecular weight is 308 g/mol. The molecule has 1 saturated heterocycles. The van der Waals surface area contributed by atoms with E-state index in [4.69, 9.17) is 5.73 Å². The second kappa shape index (κ2) is 4.99. The van der Waals surface area contributed by atoms with Crippen molar-refractivity contribution in [2.45, 2.75) is 25.3 Å². The van der Waals surface area contributed by atoms with Crippen LogP contribution in [-0.2, 0) is 10.0 Å². The highest BCUT2D eigenvalue weighted by molar-refractivity contribution is 7.89. The first-order valence-corrected chi connectivity index (χ1v) is 8.56. The second-order valence-electron chi connectivity index (χ2n) is 6.00. The van der Waals surface area contributed by atoms with E-state index in [9.17, 15) is 8.42 Å². The molecule has 0 spiro atoms. The Morgan fingerprint density at radius 3 is 2.57 bits per heavy atom. The summed E-state index contributed by atoms with van der Waals surface area (Å²) in [6.07, 6.45) is 2.73. The molecule has 6 nitrogen and oxygen atoms in total. The van der Waals surface area contributed by atoms with Crippen LogP contribution in [0.4, 0.5) is 5.82 Å². The maximum atomic E-state index is 13.0. The van der Waals surface area contributed by atoms with Gasteiger partial charge in [0.25, 0.3) is 10.0 Å². The van der Waals surface area contributed by atoms with Crippen LogP contribution in [0.5, 0.6) is 0 Å². The number of nitrogens with two attached hydrogens (primary N) is 1. The Bertz CT molecular complexity index is 758. The first-order chi connectivity index (χ1) is 9.89. The Kier molecular flexibility index (Phi) is 3.41. The van der Waals surface area contributed by atoms with E-state index in [1.807, 2.05) is 6.07 Å². The predicted molar refractivity (Wildman–Crippen MR) is 81.3 cm³/mol. The number of nitrogens with zero attached hydrogens (tertiary/aromatic N) is 3. The second-order valence-corrected chi connectivity index (χ2v) is 7.85. The highest BCUT2D eigenvalue weighted by atomic mass is 32.2. The van der Waals surface area contributed by atoms with Crippen molar-refractivity contribution in [2.75, 3.05) is 18.8 Å². The molecular formula is C14H20N4O2S. The van der Waals surface area contributed by atoms with Crippen molar-refractivity contribution < 1.29 is 8.42 Å². The van der Waals surface area contributed by atoms with Crippen LogP contribution in [0.25, 0.3) is 5.65 Å². The third-order valence-electron chi connectivity index (χ3n) is 3.93. The molecular weight excluding hydrogens is 288 g/mol. The van der Waals surface area contributed by atoms with Gasteiger partial charge in [-0.15, -0.1) is 0 Å². The number of nitrogen functional groups attached to an aromatic ring is 1. The number of imidazole rings is 1. The van der Waals surface area contributed by atoms with Crippen molar-refractivity contribution in [3.05, 3.63) is 24.4 Å². The van der Waals surface area contributed by atoms with Crippen LogP contribution in [0, 0.1) is 11.8 Å². The van der Waals surface area contributed by atoms with Crippen molar-refractivity contribution in [1.29, 1.82) is 0 Å². The van der Waals surface area contributed by atoms with E-state index in [0.717, 1.165) is 6.42 Å². The molecule has 1 aliphatic heterocycles. The summed E-state index contributed by atoms with van der Waals surface area (Å²) in [5, 5.41) is 0.0828. The largest absolute Gasteiger partial charge is 0.381 e. The molecule has 0 bridgehead atoms. The zero-order chi connectivity index (χ0) is 15.2. The lowest BCUT2D eigenvalue weighted by atomic mass is 9.94. The van der Waals surface area contributed by atoms with E-state index in [-0.39, 0.29) is 10.8 Å². The number of fused-ring (bicyclic) bond motifs is 1. The van der Waals surface area contributed by atoms with E-state index < -0.39 is 10.0 Å². The van der Waals surface area contributed by atoms with Gasteiger partial charge in [-0.25, -0.2) is 13.4 Å². The number of sulfonamides is 1. The molecule has 2 aromatic rings. The summed E-state index contributed by atoms with van der Waals surface area (Å²) in [7, 11) is -3.63. The van der Waals surface area contributed by atoms with Gasteiger partial charge in [0.1, 0.15) is 5.65 Å². The van der Waals surface area contributed by atoms with Gasteiger partial charge in [0, 0.05) is 19.3 Å². The van der Waals surface area contributed by atoms with Crippen LogP contribution in [0.3, 0.4) is 0 Å². The molecule has 21 heavy (non-hydrogen) atoms. The van der Waals surface area contributed by atoms with Gasteiger partial charge in [0.2, 0.25) is 0 Å². The number of aromatic nitrogens is 2. The summed E-state index contributed by atoms with van der Waals surface area (Å²) >= 11 is 0. The fourth-order valence-electron chi connectivity index (χ4n) is 3.17. The molecule has 3 heterocycles. The fourth-order valence-corrected chi connectivity index (χ4v) is 5.03. The maximum Gasteiger partial charge on any atom is 0.262 e. The van der Waals surface area contributed by atoms with E-state index in [0.29, 0.717) is 30.6 Å². The summed E-state index contributed by atoms with van der Waals surface area (Å²) < 4.78 is 29.0. The summed E-state index contributed by atoms with van der Waals surface area (Å²) in [6, 6.07) is 5.33. The van der Waals surface area contributed by atoms with Gasteiger partial charge in [0.05, 0.1) is 0 Å². The zero-order valence-corrected chi connectivity index (χ0v) is 13.0. The molecule has 0 aromatic carbocycles. The molecule has 0 aliphatic carbocycles. The number of pyridine rings is 1. The lowest BCUT2D eigenvalue weighted by Gasteiger charge is -2.33. The SMILES string of the molecule is CC1CC(C)CN(S(=O)(=O)c2c(N)nc3ccccn23)C1. The molecule has 1 fully saturated rings. The summed E-state index contributed by atoms with van der Waals surface area (Å²) in [6.45, 7) is 5.23. The van der Waals surface area contributed by atoms with Crippen molar-refractivity contribution in [3.8, 4) is 0 Å². The zero-order valence-electron chi connectivity index (χ0n) is 12.2. The minimum absolute atomic E-state index is 0.0621. The summed E-state index contributed by atoms with van der Waals surface area (Å²) in [5.41, 5.74) is 6.43. The molecule has 0 saturated carbocycles. The highest BCUT2D eigenvalue weighted by Gasteiger charge is 2.35. The smallest absolute Gasteiger partial charge is 0.262 e. The van der Waals surface area contributed by atoms with E-state index in [2.05, 4.69) is 18.8 Å². The van der Waals surface area contributed by atoms with Crippen molar-refractivity contribution in [2.24, 2.45) is 11.8 Å². The van der Waals surface area contributed by atoms with E-state index in [1.165, 1.54) is 0 Å². The van der Waals surface area contributed by atoms with Crippen LogP contribution in [0.1, 0.15) is 20.3 Å². The van der Waals surface area contributed by atoms with Crippen molar-refractivity contribution in [1.82, 2.24) is 13.7 Å². The van der Waals surface area contributed by atoms with Crippen LogP contribution in [0.2, 0.25) is 0 Å². The van der Waals surface area contributed by atoms with Crippen LogP contribution < -0.4 is 5.73 Å². The number of rotatable bonds is 2. The predicted octanol–water partition coefficient (Wildman–Crippen LogP) is 1.58. The highest BCUT2D eigenvalue weighted by Crippen LogP contribution is 2.29. The normalized spacial score (nSPS) is 24.5. The first-order valence-electron chi connectivity index (χ1n) is 7.12. The minimum Gasteiger partial charge on any atom is -0.381 e. The Labute approximate surface area is 124 Å². The Hall–Kier alpha value is -1.60. The van der Waals surface area contributed by atoms with Crippen LogP contribution >= 0.6 is 0 Å². The van der Waals surface area contributed by atoms with Gasteiger partial charge in [-0.2, -0.15) is 4.31 Å². The third-order valence-corrected chi connectivity index (χ3v) is 5.80. The summed E-state index contributed by atoms with van der Waals surface area (Å²) in [4.78, 5) is 4.15. The standard InChI is InChI=1S/C14H20N4O2S/c1-10-7-11(2)9-17(8-10)21(19,20)14-13(15)16-12-5-3-4-6-18(12)14/h3-6,10-11H,7-9,15H2,1-2H3. The molecule has 114 valence electrons. The molecule has 2 unspecified atom stereocenters. The monoisotopic (exact) mass is 308 g/mol. The van der Waals surface area contributed by atoms with Crippen molar-refractivity contribution in [3.63, 3.8) is 0 Å². The Morgan fingerprint density at radius 2 is 1.90 bits per heavy atom. The van der Waals surface area contributed by atoms with Gasteiger partial charge in [-0.1, -0.05) is 19.9 Å². The lowest BCUT2D eigenvalue weighted by Crippen LogP contribution is -2.43. The number of hydrogen-bond acceptors (Lipinski definition) is 4. The fraction of sp³-hybridized carbons (Fsp3) is 0.500. The molecule has 7 heteroatoms.